The second kappa shape index (κ2) is 17.9. The molecule has 0 fully saturated rings. The molecule has 8 heteroatoms. The molecule has 0 aliphatic rings. The van der Waals surface area contributed by atoms with Crippen molar-refractivity contribution in [3.8, 4) is 0 Å². The summed E-state index contributed by atoms with van der Waals surface area (Å²) in [5.74, 6) is -0.818. The van der Waals surface area contributed by atoms with Crippen molar-refractivity contribution in [1.82, 2.24) is 15.0 Å². The number of aldehydes is 2. The number of carbonyl (C=O) groups excluding carboxylic acids is 2. The molecule has 0 aliphatic carbocycles. The number of carbonyl (C=O) groups is 3. The molecule has 1 N–H and O–H groups in total. The summed E-state index contributed by atoms with van der Waals surface area (Å²) in [6.07, 6.45) is 14.1. The zero-order valence-electron chi connectivity index (χ0n) is 19.9. The molecular weight excluding hydrogens is 510 g/mol. The van der Waals surface area contributed by atoms with Crippen LogP contribution in [0.2, 0.25) is 0 Å². The molecule has 3 rings (SSSR count). The first-order valence-electron chi connectivity index (χ1n) is 11.2. The Balaban J connectivity index is 0.000000272. The van der Waals surface area contributed by atoms with E-state index < -0.39 is 5.97 Å². The minimum absolute atomic E-state index is 0.0523. The number of hydrogen-bond donors (Lipinski definition) is 1. The van der Waals surface area contributed by atoms with Gasteiger partial charge in [-0.15, -0.1) is 0 Å². The maximum absolute atomic E-state index is 10.3. The second-order valence-electron chi connectivity index (χ2n) is 7.32. The van der Waals surface area contributed by atoms with Crippen LogP contribution in [0.3, 0.4) is 0 Å². The van der Waals surface area contributed by atoms with Gasteiger partial charge in [-0.2, -0.15) is 0 Å². The highest BCUT2D eigenvalue weighted by Gasteiger charge is 1.94. The fraction of sp³-hybridized carbons (Fsp3) is 0.259. The van der Waals surface area contributed by atoms with Crippen molar-refractivity contribution in [2.75, 3.05) is 0 Å². The van der Waals surface area contributed by atoms with E-state index in [9.17, 15) is 14.4 Å². The van der Waals surface area contributed by atoms with Crippen LogP contribution < -0.4 is 0 Å². The van der Waals surface area contributed by atoms with Gasteiger partial charge >= 0.3 is 5.97 Å². The van der Waals surface area contributed by atoms with Gasteiger partial charge < -0.3 is 5.11 Å². The third kappa shape index (κ3) is 13.7. The minimum atomic E-state index is -0.818. The lowest BCUT2D eigenvalue weighted by Crippen LogP contribution is -1.90. The van der Waals surface area contributed by atoms with Gasteiger partial charge in [-0.25, -0.2) is 4.98 Å². The van der Waals surface area contributed by atoms with E-state index in [2.05, 4.69) is 44.7 Å². The summed E-state index contributed by atoms with van der Waals surface area (Å²) in [5, 5.41) is 8.44. The van der Waals surface area contributed by atoms with E-state index in [0.717, 1.165) is 59.8 Å². The van der Waals surface area contributed by atoms with Crippen LogP contribution in [0.1, 0.15) is 70.8 Å². The third-order valence-corrected chi connectivity index (χ3v) is 4.80. The van der Waals surface area contributed by atoms with Gasteiger partial charge in [-0.1, -0.05) is 44.9 Å². The van der Waals surface area contributed by atoms with E-state index in [1.165, 1.54) is 6.20 Å². The number of rotatable bonds is 9. The predicted octanol–water partition coefficient (Wildman–Crippen LogP) is 6.03. The molecule has 3 aromatic heterocycles. The Morgan fingerprint density at radius 3 is 1.66 bits per heavy atom. The molecule has 3 heterocycles. The smallest absolute Gasteiger partial charge is 0.307 e. The van der Waals surface area contributed by atoms with E-state index in [4.69, 9.17) is 5.11 Å². The van der Waals surface area contributed by atoms with E-state index in [0.29, 0.717) is 11.1 Å². The van der Waals surface area contributed by atoms with Gasteiger partial charge in [0.25, 0.3) is 0 Å². The Bertz CT molecular complexity index is 1050. The summed E-state index contributed by atoms with van der Waals surface area (Å²) >= 11 is 3.15. The van der Waals surface area contributed by atoms with Gasteiger partial charge in [0.05, 0.1) is 6.42 Å². The number of pyridine rings is 3. The zero-order chi connectivity index (χ0) is 25.9. The molecule has 0 saturated heterocycles. The third-order valence-electron chi connectivity index (χ3n) is 4.33. The Morgan fingerprint density at radius 1 is 0.800 bits per heavy atom. The quantitative estimate of drug-likeness (QED) is 0.261. The fourth-order valence-electron chi connectivity index (χ4n) is 2.60. The molecule has 35 heavy (non-hydrogen) atoms. The van der Waals surface area contributed by atoms with Crippen LogP contribution in [-0.2, 0) is 17.6 Å². The number of aryl methyl sites for hydroxylation is 2. The van der Waals surface area contributed by atoms with Crippen LogP contribution in [0, 0.1) is 0 Å². The molecule has 7 nitrogen and oxygen atoms in total. The molecule has 0 amide bonds. The molecule has 184 valence electrons. The van der Waals surface area contributed by atoms with Crippen molar-refractivity contribution < 1.29 is 19.5 Å². The standard InChI is InChI=1S/C12H15NO2.C9H11NO.C6H4BrNO/c1-2-4-11-8-7-10(9-13-11)5-3-6-12(14)15;1-2-3-9-5-4-8(7-11)6-10-9;7-6-2-1-5(4-9)3-8-6/h3,5,7-9H,2,4,6H2,1H3,(H,14,15);4-7H,2-3H2,1H3;1-4H/b5-3+;;. The van der Waals surface area contributed by atoms with Gasteiger partial charge in [0.15, 0.2) is 12.6 Å². The Labute approximate surface area is 214 Å². The zero-order valence-corrected chi connectivity index (χ0v) is 21.5. The van der Waals surface area contributed by atoms with Gasteiger partial charge in [-0.05, 0) is 64.7 Å². The number of carboxylic acid groups (broad SMARTS) is 1. The van der Waals surface area contributed by atoms with Crippen molar-refractivity contribution in [1.29, 1.82) is 0 Å². The van der Waals surface area contributed by atoms with Crippen molar-refractivity contribution in [3.05, 3.63) is 93.7 Å². The highest BCUT2D eigenvalue weighted by Crippen LogP contribution is 2.05. The first kappa shape index (κ1) is 29.5. The number of nitrogens with zero attached hydrogens (tertiary/aromatic N) is 3. The average molecular weight is 540 g/mol. The molecule has 0 aromatic carbocycles. The monoisotopic (exact) mass is 539 g/mol. The van der Waals surface area contributed by atoms with E-state index in [1.54, 1.807) is 42.7 Å². The molecule has 0 spiro atoms. The van der Waals surface area contributed by atoms with Crippen LogP contribution in [-0.4, -0.2) is 38.6 Å². The number of halogens is 1. The number of aliphatic carboxylic acids is 1. The van der Waals surface area contributed by atoms with Crippen LogP contribution in [0.4, 0.5) is 0 Å². The lowest BCUT2D eigenvalue weighted by molar-refractivity contribution is -0.135. The van der Waals surface area contributed by atoms with Crippen molar-refractivity contribution in [2.24, 2.45) is 0 Å². The Hall–Kier alpha value is -3.52. The average Bonchev–Trinajstić information content (AvgIpc) is 2.87. The molecule has 0 saturated carbocycles. The van der Waals surface area contributed by atoms with Crippen LogP contribution in [0.5, 0.6) is 0 Å². The lowest BCUT2D eigenvalue weighted by Gasteiger charge is -1.97. The van der Waals surface area contributed by atoms with Gasteiger partial charge in [0, 0.05) is 41.1 Å². The lowest BCUT2D eigenvalue weighted by atomic mass is 10.2. The maximum atomic E-state index is 10.3. The van der Waals surface area contributed by atoms with Gasteiger partial charge in [0.2, 0.25) is 0 Å². The summed E-state index contributed by atoms with van der Waals surface area (Å²) in [7, 11) is 0. The molecule has 0 unspecified atom stereocenters. The molecule has 0 radical (unpaired) electrons. The summed E-state index contributed by atoms with van der Waals surface area (Å²) in [6.45, 7) is 4.22. The van der Waals surface area contributed by atoms with E-state index in [1.807, 2.05) is 18.2 Å². The second-order valence-corrected chi connectivity index (χ2v) is 8.13. The first-order chi connectivity index (χ1) is 16.9. The van der Waals surface area contributed by atoms with E-state index in [-0.39, 0.29) is 6.42 Å². The largest absolute Gasteiger partial charge is 0.481 e. The maximum Gasteiger partial charge on any atom is 0.307 e. The fourth-order valence-corrected chi connectivity index (χ4v) is 2.84. The first-order valence-corrected chi connectivity index (χ1v) is 12.0. The molecule has 0 aliphatic heterocycles. The van der Waals surface area contributed by atoms with Gasteiger partial charge in [-0.3, -0.25) is 24.4 Å². The minimum Gasteiger partial charge on any atom is -0.481 e. The van der Waals surface area contributed by atoms with E-state index >= 15 is 0 Å². The van der Waals surface area contributed by atoms with Crippen molar-refractivity contribution in [2.45, 2.75) is 46.0 Å². The number of carboxylic acids is 1. The molecule has 0 atom stereocenters. The van der Waals surface area contributed by atoms with Crippen LogP contribution >= 0.6 is 15.9 Å². The van der Waals surface area contributed by atoms with Crippen LogP contribution in [0.25, 0.3) is 6.08 Å². The summed E-state index contributed by atoms with van der Waals surface area (Å²) in [5.41, 5.74) is 4.31. The highest BCUT2D eigenvalue weighted by atomic mass is 79.9. The summed E-state index contributed by atoms with van der Waals surface area (Å²) < 4.78 is 0.744. The molecule has 0 bridgehead atoms. The number of hydrogen-bond acceptors (Lipinski definition) is 6. The SMILES string of the molecule is CCCc1ccc(/C=C/CC(=O)O)cn1.CCCc1ccc(C=O)cn1.O=Cc1ccc(Br)nc1. The normalized spacial score (nSPS) is 9.91. The highest BCUT2D eigenvalue weighted by molar-refractivity contribution is 9.10. The van der Waals surface area contributed by atoms with Gasteiger partial charge in [0.1, 0.15) is 4.60 Å². The predicted molar refractivity (Wildman–Crippen MR) is 140 cm³/mol. The number of aromatic nitrogens is 3. The van der Waals surface area contributed by atoms with Crippen molar-refractivity contribution >= 4 is 40.5 Å². The molecule has 3 aromatic rings. The topological polar surface area (TPSA) is 110 Å². The van der Waals surface area contributed by atoms with Crippen molar-refractivity contribution in [3.63, 3.8) is 0 Å². The Morgan fingerprint density at radius 2 is 1.29 bits per heavy atom. The summed E-state index contributed by atoms with van der Waals surface area (Å²) in [4.78, 5) is 42.8. The Kier molecular flexibility index (Phi) is 15.1. The molecular formula is C27H30BrN3O4. The summed E-state index contributed by atoms with van der Waals surface area (Å²) in [6, 6.07) is 11.0. The van der Waals surface area contributed by atoms with Crippen LogP contribution in [0.15, 0.2) is 65.7 Å².